The Bertz CT molecular complexity index is 2280. The zero-order valence-corrected chi connectivity index (χ0v) is 37.5. The third kappa shape index (κ3) is 12.0. The normalized spacial score (nSPS) is 21.2. The minimum absolute atomic E-state index is 0.0667. The number of likely N-dealkylation sites (tertiary alicyclic amines) is 1. The predicted octanol–water partition coefficient (Wildman–Crippen LogP) is 8.62. The van der Waals surface area contributed by atoms with Crippen molar-refractivity contribution in [3.05, 3.63) is 83.4 Å². The predicted molar refractivity (Wildman–Crippen MR) is 239 cm³/mol. The molecule has 14 heteroatoms. The summed E-state index contributed by atoms with van der Waals surface area (Å²) in [6.45, 7) is 14.8. The maximum absolute atomic E-state index is 14.1. The number of amides is 3. The van der Waals surface area contributed by atoms with Crippen molar-refractivity contribution < 1.29 is 33.4 Å². The number of tetrazole rings is 1. The van der Waals surface area contributed by atoms with E-state index >= 15 is 0 Å². The highest BCUT2D eigenvalue weighted by Gasteiger charge is 2.57. The summed E-state index contributed by atoms with van der Waals surface area (Å²) in [5, 5.41) is 20.0. The van der Waals surface area contributed by atoms with Crippen LogP contribution in [0, 0.1) is 42.4 Å². The van der Waals surface area contributed by atoms with Crippen LogP contribution in [0.4, 0.5) is 15.3 Å². The summed E-state index contributed by atoms with van der Waals surface area (Å²) in [7, 11) is 0. The van der Waals surface area contributed by atoms with Crippen molar-refractivity contribution in [2.45, 2.75) is 105 Å². The first-order valence-electron chi connectivity index (χ1n) is 22.2. The van der Waals surface area contributed by atoms with Crippen molar-refractivity contribution in [1.82, 2.24) is 30.8 Å². The molecule has 3 atom stereocenters. The van der Waals surface area contributed by atoms with Crippen LogP contribution in [0.5, 0.6) is 0 Å². The second-order valence-corrected chi connectivity index (χ2v) is 19.7. The van der Waals surface area contributed by atoms with Crippen molar-refractivity contribution in [3.63, 3.8) is 0 Å². The lowest BCUT2D eigenvalue weighted by Gasteiger charge is -2.29. The van der Waals surface area contributed by atoms with E-state index in [1.807, 2.05) is 84.9 Å². The molecule has 3 fully saturated rings. The van der Waals surface area contributed by atoms with E-state index in [0.29, 0.717) is 74.2 Å². The molecular formula is C49H61N7O7. The summed E-state index contributed by atoms with van der Waals surface area (Å²) in [4.78, 5) is 68.4. The lowest BCUT2D eigenvalue weighted by Crippen LogP contribution is -2.37. The van der Waals surface area contributed by atoms with Crippen molar-refractivity contribution in [2.75, 3.05) is 25.0 Å². The Hall–Kier alpha value is -5.92. The number of ketones is 2. The van der Waals surface area contributed by atoms with Crippen LogP contribution in [0.2, 0.25) is 0 Å². The number of Topliss-reactive ketones (excluding diaryl/α,β-unsaturated/α-hetero) is 2. The first-order valence-corrected chi connectivity index (χ1v) is 22.2. The first-order chi connectivity index (χ1) is 29.9. The van der Waals surface area contributed by atoms with Gasteiger partial charge in [-0.3, -0.25) is 14.4 Å². The van der Waals surface area contributed by atoms with Gasteiger partial charge in [0.05, 0.1) is 0 Å². The molecule has 3 aromatic carbocycles. The molecule has 2 heterocycles. The Labute approximate surface area is 369 Å². The largest absolute Gasteiger partial charge is 0.444 e. The molecule has 7 rings (SSSR count). The number of rotatable bonds is 14. The van der Waals surface area contributed by atoms with Gasteiger partial charge in [0.25, 0.3) is 0 Å². The number of aromatic nitrogens is 4. The zero-order valence-electron chi connectivity index (χ0n) is 37.5. The SMILES string of the molecule is Cc1ccc(C[C@H](CC(=O)C2CCC(CNC(=O)OC(C)(C)C)CC2)C(=O)Nc2ccc(-c3nn[nH]n3)cc2)cc1-c1cccc(C(=O)CC2C3CN(C(=O)OC(C)(C)C)CC23)c1. The van der Waals surface area contributed by atoms with Gasteiger partial charge < -0.3 is 25.0 Å². The topological polar surface area (TPSA) is 186 Å². The summed E-state index contributed by atoms with van der Waals surface area (Å²) in [5.74, 6) is 0.680. The number of carbonyl (C=O) groups excluding carboxylic acids is 5. The number of ether oxygens (including phenoxy) is 2. The van der Waals surface area contributed by atoms with E-state index in [0.717, 1.165) is 40.7 Å². The lowest BCUT2D eigenvalue weighted by molar-refractivity contribution is -0.129. The van der Waals surface area contributed by atoms with Gasteiger partial charge in [0, 0.05) is 61.1 Å². The first kappa shape index (κ1) is 45.1. The van der Waals surface area contributed by atoms with Gasteiger partial charge in [-0.15, -0.1) is 10.2 Å². The Morgan fingerprint density at radius 3 is 2.19 bits per heavy atom. The number of hydrogen-bond donors (Lipinski definition) is 3. The summed E-state index contributed by atoms with van der Waals surface area (Å²) < 4.78 is 10.9. The molecule has 4 aromatic rings. The van der Waals surface area contributed by atoms with Crippen molar-refractivity contribution in [2.24, 2.45) is 35.5 Å². The van der Waals surface area contributed by atoms with Gasteiger partial charge in [-0.2, -0.15) is 5.21 Å². The lowest BCUT2D eigenvalue weighted by atomic mass is 9.77. The number of hydrogen-bond acceptors (Lipinski definition) is 10. The van der Waals surface area contributed by atoms with Gasteiger partial charge in [0.15, 0.2) is 5.78 Å². The fraction of sp³-hybridized carbons (Fsp3) is 0.510. The minimum atomic E-state index is -0.645. The molecule has 0 bridgehead atoms. The zero-order chi connectivity index (χ0) is 45.1. The van der Waals surface area contributed by atoms with Crippen LogP contribution >= 0.6 is 0 Å². The Morgan fingerprint density at radius 1 is 0.841 bits per heavy atom. The molecule has 3 amide bonds. The van der Waals surface area contributed by atoms with Gasteiger partial charge in [0.1, 0.15) is 17.0 Å². The summed E-state index contributed by atoms with van der Waals surface area (Å²) in [6, 6.07) is 21.0. The number of anilines is 1. The van der Waals surface area contributed by atoms with E-state index in [9.17, 15) is 24.0 Å². The molecule has 0 radical (unpaired) electrons. The number of nitrogens with one attached hydrogen (secondary N) is 3. The van der Waals surface area contributed by atoms with E-state index in [1.54, 1.807) is 29.2 Å². The van der Waals surface area contributed by atoms with E-state index in [4.69, 9.17) is 9.47 Å². The van der Waals surface area contributed by atoms with E-state index in [1.165, 1.54) is 0 Å². The second-order valence-electron chi connectivity index (χ2n) is 19.7. The number of aryl methyl sites for hydroxylation is 1. The molecule has 3 N–H and O–H groups in total. The van der Waals surface area contributed by atoms with Crippen LogP contribution in [0.1, 0.15) is 102 Å². The van der Waals surface area contributed by atoms with Crippen LogP contribution in [-0.4, -0.2) is 86.0 Å². The average Bonchev–Trinajstić information content (AvgIpc) is 3.59. The number of H-pyrrole nitrogens is 1. The molecular weight excluding hydrogens is 799 g/mol. The van der Waals surface area contributed by atoms with Gasteiger partial charge >= 0.3 is 12.2 Å². The summed E-state index contributed by atoms with van der Waals surface area (Å²) >= 11 is 0. The van der Waals surface area contributed by atoms with Crippen LogP contribution in [0.15, 0.2) is 66.7 Å². The maximum Gasteiger partial charge on any atom is 0.410 e. The molecule has 0 spiro atoms. The van der Waals surface area contributed by atoms with Crippen molar-refractivity contribution >= 4 is 35.3 Å². The Morgan fingerprint density at radius 2 is 1.54 bits per heavy atom. The van der Waals surface area contributed by atoms with Crippen LogP contribution in [0.25, 0.3) is 22.5 Å². The third-order valence-electron chi connectivity index (χ3n) is 12.5. The van der Waals surface area contributed by atoms with Gasteiger partial charge in [0.2, 0.25) is 11.7 Å². The molecule has 2 aliphatic carbocycles. The van der Waals surface area contributed by atoms with Crippen molar-refractivity contribution in [1.29, 1.82) is 0 Å². The molecule has 2 saturated carbocycles. The number of aromatic amines is 1. The highest BCUT2D eigenvalue weighted by atomic mass is 16.6. The monoisotopic (exact) mass is 859 g/mol. The molecule has 1 aliphatic heterocycles. The molecule has 334 valence electrons. The molecule has 14 nitrogen and oxygen atoms in total. The summed E-state index contributed by atoms with van der Waals surface area (Å²) in [6.07, 6.45) is 3.13. The average molecular weight is 860 g/mol. The van der Waals surface area contributed by atoms with Gasteiger partial charge in [-0.25, -0.2) is 9.59 Å². The minimum Gasteiger partial charge on any atom is -0.444 e. The third-order valence-corrected chi connectivity index (χ3v) is 12.5. The van der Waals surface area contributed by atoms with Gasteiger partial charge in [-0.1, -0.05) is 36.4 Å². The number of nitrogens with zero attached hydrogens (tertiary/aromatic N) is 4. The quantitative estimate of drug-likeness (QED) is 0.104. The maximum atomic E-state index is 14.1. The van der Waals surface area contributed by atoms with Gasteiger partial charge in [-0.05, 0) is 162 Å². The highest BCUT2D eigenvalue weighted by Crippen LogP contribution is 2.54. The molecule has 63 heavy (non-hydrogen) atoms. The Kier molecular flexibility index (Phi) is 13.5. The number of piperidine rings is 1. The fourth-order valence-electron chi connectivity index (χ4n) is 9.14. The van der Waals surface area contributed by atoms with Crippen LogP contribution in [-0.2, 0) is 25.5 Å². The number of benzene rings is 3. The summed E-state index contributed by atoms with van der Waals surface area (Å²) in [5.41, 5.74) is 4.65. The number of alkyl carbamates (subject to hydrolysis) is 1. The standard InChI is InChI=1S/C49H61N7O7/c1-29-11-12-31(22-38(29)34-9-8-10-35(23-34)43(58)25-39-40-27-56(28-41(39)40)47(61)63-49(5,6)7)21-36(45(59)51-37-19-17-33(18-20-37)44-52-54-55-53-44)24-42(57)32-15-13-30(14-16-32)26-50-46(60)62-48(2,3)4/h8-12,17-20,22-23,30,32,36,39-41H,13-16,21,24-28H2,1-7H3,(H,50,60)(H,51,59)(H,52,53,54,55)/t30?,32?,36-,39?,40?,41?/m1/s1. The molecule has 1 saturated heterocycles. The van der Waals surface area contributed by atoms with Crippen molar-refractivity contribution in [3.8, 4) is 22.5 Å². The fourth-order valence-corrected chi connectivity index (χ4v) is 9.14. The Balaban J connectivity index is 1.01. The second kappa shape index (κ2) is 18.8. The van der Waals surface area contributed by atoms with Crippen LogP contribution < -0.4 is 10.6 Å². The molecule has 1 aromatic heterocycles. The van der Waals surface area contributed by atoms with E-state index < -0.39 is 23.2 Å². The highest BCUT2D eigenvalue weighted by molar-refractivity contribution is 5.98. The molecule has 3 aliphatic rings. The number of fused-ring (bicyclic) bond motifs is 1. The van der Waals surface area contributed by atoms with E-state index in [2.05, 4.69) is 37.3 Å². The van der Waals surface area contributed by atoms with E-state index in [-0.39, 0.29) is 47.7 Å². The smallest absolute Gasteiger partial charge is 0.410 e. The van der Waals surface area contributed by atoms with Crippen LogP contribution in [0.3, 0.4) is 0 Å². The molecule has 2 unspecified atom stereocenters. The number of carbonyl (C=O) groups is 5.